The Hall–Kier alpha value is -2.51. The number of carbonyl (C=O) groups excluding carboxylic acids is 1. The normalized spacial score (nSPS) is 11.1. The van der Waals surface area contributed by atoms with E-state index in [4.69, 9.17) is 20.9 Å². The lowest BCUT2D eigenvalue weighted by Crippen LogP contribution is -2.01. The molecule has 24 heavy (non-hydrogen) atoms. The third-order valence-corrected chi connectivity index (χ3v) is 3.98. The van der Waals surface area contributed by atoms with Gasteiger partial charge in [-0.3, -0.25) is 0 Å². The summed E-state index contributed by atoms with van der Waals surface area (Å²) in [6.07, 6.45) is 2.91. The molecule has 2 aromatic heterocycles. The highest BCUT2D eigenvalue weighted by Gasteiger charge is 2.10. The second kappa shape index (κ2) is 7.37. The van der Waals surface area contributed by atoms with Crippen molar-refractivity contribution in [3.63, 3.8) is 0 Å². The number of carbonyl (C=O) groups is 1. The maximum atomic E-state index is 11.7. The van der Waals surface area contributed by atoms with Crippen molar-refractivity contribution >= 4 is 35.0 Å². The number of rotatable bonds is 5. The number of benzene rings is 1. The maximum Gasteiger partial charge on any atom is 0.331 e. The Labute approximate surface area is 146 Å². The molecule has 0 bridgehead atoms. The van der Waals surface area contributed by atoms with Crippen molar-refractivity contribution in [3.8, 4) is 11.4 Å². The summed E-state index contributed by atoms with van der Waals surface area (Å²) in [6, 6.07) is 7.03. The average Bonchev–Trinajstić information content (AvgIpc) is 3.21. The van der Waals surface area contributed by atoms with E-state index in [2.05, 4.69) is 15.1 Å². The van der Waals surface area contributed by atoms with Gasteiger partial charge in [-0.25, -0.2) is 9.78 Å². The number of halogens is 1. The van der Waals surface area contributed by atoms with Gasteiger partial charge in [0.2, 0.25) is 5.82 Å². The average molecular weight is 362 g/mol. The molecule has 8 heteroatoms. The molecule has 122 valence electrons. The van der Waals surface area contributed by atoms with E-state index >= 15 is 0 Å². The number of hydrogen-bond acceptors (Lipinski definition) is 7. The quantitative estimate of drug-likeness (QED) is 0.506. The molecule has 0 amide bonds. The Morgan fingerprint density at radius 1 is 1.33 bits per heavy atom. The Kier molecular flexibility index (Phi) is 5.02. The summed E-state index contributed by atoms with van der Waals surface area (Å²) in [5.41, 5.74) is 1.48. The van der Waals surface area contributed by atoms with E-state index in [9.17, 15) is 4.79 Å². The number of aryl methyl sites for hydroxylation is 1. The van der Waals surface area contributed by atoms with Crippen molar-refractivity contribution in [1.29, 1.82) is 0 Å². The first-order valence-electron chi connectivity index (χ1n) is 6.95. The van der Waals surface area contributed by atoms with Gasteiger partial charge in [0, 0.05) is 22.0 Å². The van der Waals surface area contributed by atoms with Crippen molar-refractivity contribution < 1.29 is 14.1 Å². The van der Waals surface area contributed by atoms with Crippen LogP contribution in [-0.2, 0) is 16.1 Å². The largest absolute Gasteiger partial charge is 0.452 e. The lowest BCUT2D eigenvalue weighted by Gasteiger charge is -1.96. The van der Waals surface area contributed by atoms with Crippen LogP contribution in [0.5, 0.6) is 0 Å². The van der Waals surface area contributed by atoms with E-state index in [-0.39, 0.29) is 12.5 Å². The van der Waals surface area contributed by atoms with Crippen LogP contribution in [0.25, 0.3) is 17.5 Å². The maximum absolute atomic E-state index is 11.7. The molecule has 0 spiro atoms. The van der Waals surface area contributed by atoms with Gasteiger partial charge in [0.25, 0.3) is 5.89 Å². The minimum atomic E-state index is -0.508. The van der Waals surface area contributed by atoms with Gasteiger partial charge in [-0.15, -0.1) is 11.3 Å². The standard InChI is InChI=1S/C16H12ClN3O3S/c1-10-18-13(9-24-10)6-7-15(21)22-8-14-19-16(20-23-14)11-2-4-12(17)5-3-11/h2-7,9H,8H2,1H3/b7-6+. The van der Waals surface area contributed by atoms with Crippen LogP contribution < -0.4 is 0 Å². The van der Waals surface area contributed by atoms with Crippen molar-refractivity contribution in [2.24, 2.45) is 0 Å². The number of thiazole rings is 1. The molecule has 0 saturated heterocycles. The van der Waals surface area contributed by atoms with Crippen LogP contribution in [0.15, 0.2) is 40.2 Å². The highest BCUT2D eigenvalue weighted by Crippen LogP contribution is 2.18. The Morgan fingerprint density at radius 3 is 2.83 bits per heavy atom. The summed E-state index contributed by atoms with van der Waals surface area (Å²) in [5, 5.41) is 7.26. The number of esters is 1. The van der Waals surface area contributed by atoms with Crippen LogP contribution in [0.1, 0.15) is 16.6 Å². The first kappa shape index (κ1) is 16.4. The van der Waals surface area contributed by atoms with Gasteiger partial charge in [0.15, 0.2) is 6.61 Å². The first-order valence-corrected chi connectivity index (χ1v) is 8.21. The Balaban J connectivity index is 1.56. The topological polar surface area (TPSA) is 78.1 Å². The van der Waals surface area contributed by atoms with Crippen molar-refractivity contribution in [1.82, 2.24) is 15.1 Å². The summed E-state index contributed by atoms with van der Waals surface area (Å²) in [6.45, 7) is 1.80. The summed E-state index contributed by atoms with van der Waals surface area (Å²) in [7, 11) is 0. The van der Waals surface area contributed by atoms with E-state index in [1.807, 2.05) is 12.3 Å². The fourth-order valence-electron chi connectivity index (χ4n) is 1.82. The van der Waals surface area contributed by atoms with Crippen LogP contribution in [0.4, 0.5) is 0 Å². The van der Waals surface area contributed by atoms with Crippen LogP contribution in [0.2, 0.25) is 5.02 Å². The van der Waals surface area contributed by atoms with Crippen molar-refractivity contribution in [3.05, 3.63) is 57.3 Å². The van der Waals surface area contributed by atoms with E-state index in [1.165, 1.54) is 17.4 Å². The van der Waals surface area contributed by atoms with E-state index in [0.29, 0.717) is 10.8 Å². The predicted octanol–water partition coefficient (Wildman–Crippen LogP) is 3.91. The molecule has 1 aromatic carbocycles. The Morgan fingerprint density at radius 2 is 2.12 bits per heavy atom. The molecule has 6 nitrogen and oxygen atoms in total. The van der Waals surface area contributed by atoms with Gasteiger partial charge in [-0.05, 0) is 37.3 Å². The fraction of sp³-hybridized carbons (Fsp3) is 0.125. The highest BCUT2D eigenvalue weighted by molar-refractivity contribution is 7.09. The van der Waals surface area contributed by atoms with Crippen molar-refractivity contribution in [2.75, 3.05) is 0 Å². The minimum absolute atomic E-state index is 0.0974. The monoisotopic (exact) mass is 361 g/mol. The molecule has 0 N–H and O–H groups in total. The van der Waals surface area contributed by atoms with E-state index in [0.717, 1.165) is 16.3 Å². The molecule has 0 fully saturated rings. The van der Waals surface area contributed by atoms with Gasteiger partial charge in [0.1, 0.15) is 0 Å². The van der Waals surface area contributed by atoms with Gasteiger partial charge in [0.05, 0.1) is 10.7 Å². The highest BCUT2D eigenvalue weighted by atomic mass is 35.5. The summed E-state index contributed by atoms with van der Waals surface area (Å²) >= 11 is 7.34. The molecule has 0 aliphatic rings. The predicted molar refractivity (Wildman–Crippen MR) is 90.4 cm³/mol. The van der Waals surface area contributed by atoms with Crippen LogP contribution in [0.3, 0.4) is 0 Å². The number of nitrogens with zero attached hydrogens (tertiary/aromatic N) is 3. The molecule has 0 aliphatic heterocycles. The minimum Gasteiger partial charge on any atom is -0.452 e. The zero-order valence-electron chi connectivity index (χ0n) is 12.6. The number of ether oxygens (including phenoxy) is 1. The van der Waals surface area contributed by atoms with E-state index < -0.39 is 5.97 Å². The molecule has 3 aromatic rings. The van der Waals surface area contributed by atoms with Gasteiger partial charge in [-0.2, -0.15) is 4.98 Å². The van der Waals surface area contributed by atoms with Gasteiger partial charge < -0.3 is 9.26 Å². The second-order valence-electron chi connectivity index (χ2n) is 4.75. The first-order chi connectivity index (χ1) is 11.6. The van der Waals surface area contributed by atoms with Crippen LogP contribution in [-0.4, -0.2) is 21.1 Å². The Bertz CT molecular complexity index is 871. The fourth-order valence-corrected chi connectivity index (χ4v) is 2.53. The summed E-state index contributed by atoms with van der Waals surface area (Å²) in [5.74, 6) is 0.115. The lowest BCUT2D eigenvalue weighted by molar-refractivity contribution is -0.139. The lowest BCUT2D eigenvalue weighted by atomic mass is 10.2. The van der Waals surface area contributed by atoms with Gasteiger partial charge in [-0.1, -0.05) is 16.8 Å². The third-order valence-electron chi connectivity index (χ3n) is 2.94. The summed E-state index contributed by atoms with van der Waals surface area (Å²) < 4.78 is 10.1. The third kappa shape index (κ3) is 4.27. The second-order valence-corrected chi connectivity index (χ2v) is 6.25. The molecule has 2 heterocycles. The van der Waals surface area contributed by atoms with Crippen LogP contribution >= 0.6 is 22.9 Å². The molecule has 0 atom stereocenters. The van der Waals surface area contributed by atoms with E-state index in [1.54, 1.807) is 30.3 Å². The zero-order chi connectivity index (χ0) is 16.9. The zero-order valence-corrected chi connectivity index (χ0v) is 14.2. The molecule has 3 rings (SSSR count). The molecule has 0 radical (unpaired) electrons. The SMILES string of the molecule is Cc1nc(/C=C/C(=O)OCc2nc(-c3ccc(Cl)cc3)no2)cs1. The molecule has 0 saturated carbocycles. The molecular formula is C16H12ClN3O3S. The molecule has 0 unspecified atom stereocenters. The van der Waals surface area contributed by atoms with Crippen molar-refractivity contribution in [2.45, 2.75) is 13.5 Å². The van der Waals surface area contributed by atoms with Gasteiger partial charge >= 0.3 is 5.97 Å². The number of aromatic nitrogens is 3. The molecular weight excluding hydrogens is 350 g/mol. The number of hydrogen-bond donors (Lipinski definition) is 0. The molecule has 0 aliphatic carbocycles. The smallest absolute Gasteiger partial charge is 0.331 e. The summed E-state index contributed by atoms with van der Waals surface area (Å²) in [4.78, 5) is 20.1. The van der Waals surface area contributed by atoms with Crippen LogP contribution in [0, 0.1) is 6.92 Å².